The molecular formula is C14H14OS. The minimum Gasteiger partial charge on any atom is -0.507 e. The van der Waals surface area contributed by atoms with E-state index in [4.69, 9.17) is 0 Å². The van der Waals surface area contributed by atoms with Gasteiger partial charge in [-0.2, -0.15) is 0 Å². The van der Waals surface area contributed by atoms with Crippen LogP contribution in [0.3, 0.4) is 0 Å². The van der Waals surface area contributed by atoms with Crippen molar-refractivity contribution in [3.05, 3.63) is 53.6 Å². The van der Waals surface area contributed by atoms with Crippen molar-refractivity contribution >= 4 is 11.8 Å². The summed E-state index contributed by atoms with van der Waals surface area (Å²) in [5.74, 6) is 0.352. The summed E-state index contributed by atoms with van der Waals surface area (Å²) in [4.78, 5) is 2.04. The van der Waals surface area contributed by atoms with Gasteiger partial charge in [-0.3, -0.25) is 0 Å². The molecule has 16 heavy (non-hydrogen) atoms. The average molecular weight is 230 g/mol. The van der Waals surface area contributed by atoms with Gasteiger partial charge < -0.3 is 5.11 Å². The van der Waals surface area contributed by atoms with Crippen LogP contribution in [0.1, 0.15) is 11.1 Å². The maximum Gasteiger partial charge on any atom is 0.129 e. The molecule has 0 aliphatic carbocycles. The third-order valence-corrected chi connectivity index (χ3v) is 3.44. The summed E-state index contributed by atoms with van der Waals surface area (Å²) in [6.07, 6.45) is 0. The Balaban J connectivity index is 2.23. The lowest BCUT2D eigenvalue weighted by molar-refractivity contribution is 0.462. The normalized spacial score (nSPS) is 10.4. The number of aryl methyl sites for hydroxylation is 2. The Morgan fingerprint density at radius 1 is 0.875 bits per heavy atom. The molecule has 0 aliphatic rings. The van der Waals surface area contributed by atoms with E-state index in [1.165, 1.54) is 5.56 Å². The highest BCUT2D eigenvalue weighted by molar-refractivity contribution is 7.99. The van der Waals surface area contributed by atoms with Crippen molar-refractivity contribution in [1.82, 2.24) is 0 Å². The van der Waals surface area contributed by atoms with Gasteiger partial charge in [0.15, 0.2) is 0 Å². The predicted molar refractivity (Wildman–Crippen MR) is 68.1 cm³/mol. The van der Waals surface area contributed by atoms with E-state index < -0.39 is 0 Å². The fourth-order valence-corrected chi connectivity index (χ4v) is 2.27. The monoisotopic (exact) mass is 230 g/mol. The smallest absolute Gasteiger partial charge is 0.129 e. The molecule has 0 spiro atoms. The lowest BCUT2D eigenvalue weighted by Gasteiger charge is -2.05. The summed E-state index contributed by atoms with van der Waals surface area (Å²) in [6, 6.07) is 14.0. The number of phenolic OH excluding ortho intramolecular Hbond substituents is 1. The van der Waals surface area contributed by atoms with E-state index in [1.54, 1.807) is 17.8 Å². The van der Waals surface area contributed by atoms with Crippen molar-refractivity contribution in [1.29, 1.82) is 0 Å². The molecule has 0 heterocycles. The van der Waals surface area contributed by atoms with Gasteiger partial charge in [0, 0.05) is 4.90 Å². The lowest BCUT2D eigenvalue weighted by Crippen LogP contribution is -1.78. The van der Waals surface area contributed by atoms with Crippen LogP contribution in [0.25, 0.3) is 0 Å². The van der Waals surface area contributed by atoms with Gasteiger partial charge in [0.25, 0.3) is 0 Å². The van der Waals surface area contributed by atoms with Crippen molar-refractivity contribution in [2.75, 3.05) is 0 Å². The summed E-state index contributed by atoms with van der Waals surface area (Å²) >= 11 is 1.58. The highest BCUT2D eigenvalue weighted by Gasteiger charge is 2.03. The zero-order valence-corrected chi connectivity index (χ0v) is 10.2. The standard InChI is InChI=1S/C14H14OS/c1-10-3-6-12(7-4-10)16-14-8-5-11(2)9-13(14)15/h3-9,15H,1-2H3. The fourth-order valence-electron chi connectivity index (χ4n) is 1.45. The first-order valence-corrected chi connectivity index (χ1v) is 6.01. The molecule has 2 aromatic carbocycles. The fraction of sp³-hybridized carbons (Fsp3) is 0.143. The van der Waals surface area contributed by atoms with Crippen LogP contribution < -0.4 is 0 Å². The summed E-state index contributed by atoms with van der Waals surface area (Å²) in [5.41, 5.74) is 2.32. The van der Waals surface area contributed by atoms with Crippen molar-refractivity contribution in [2.24, 2.45) is 0 Å². The van der Waals surface area contributed by atoms with Gasteiger partial charge in [0.05, 0.1) is 4.90 Å². The van der Waals surface area contributed by atoms with E-state index in [2.05, 4.69) is 31.2 Å². The zero-order chi connectivity index (χ0) is 11.5. The molecule has 0 amide bonds. The third kappa shape index (κ3) is 2.58. The molecule has 0 saturated heterocycles. The van der Waals surface area contributed by atoms with Crippen molar-refractivity contribution < 1.29 is 5.11 Å². The molecule has 2 rings (SSSR count). The maximum atomic E-state index is 9.79. The summed E-state index contributed by atoms with van der Waals surface area (Å²) < 4.78 is 0. The van der Waals surface area contributed by atoms with Gasteiger partial charge in [-0.15, -0.1) is 0 Å². The highest BCUT2D eigenvalue weighted by Crippen LogP contribution is 2.34. The van der Waals surface area contributed by atoms with Crippen LogP contribution in [0.2, 0.25) is 0 Å². The van der Waals surface area contributed by atoms with Crippen LogP contribution in [0.4, 0.5) is 0 Å². The first-order valence-electron chi connectivity index (χ1n) is 5.19. The second-order valence-electron chi connectivity index (χ2n) is 3.89. The summed E-state index contributed by atoms with van der Waals surface area (Å²) in [6.45, 7) is 4.04. The average Bonchev–Trinajstić information content (AvgIpc) is 2.25. The van der Waals surface area contributed by atoms with E-state index in [0.717, 1.165) is 15.4 Å². The first-order chi connectivity index (χ1) is 7.65. The molecule has 1 N–H and O–H groups in total. The van der Waals surface area contributed by atoms with Gasteiger partial charge in [-0.25, -0.2) is 0 Å². The number of hydrogen-bond donors (Lipinski definition) is 1. The molecule has 0 atom stereocenters. The minimum atomic E-state index is 0.352. The van der Waals surface area contributed by atoms with E-state index in [9.17, 15) is 5.11 Å². The number of phenols is 1. The Morgan fingerprint density at radius 2 is 1.50 bits per heavy atom. The largest absolute Gasteiger partial charge is 0.507 e. The van der Waals surface area contributed by atoms with E-state index in [-0.39, 0.29) is 0 Å². The molecule has 0 bridgehead atoms. The van der Waals surface area contributed by atoms with Crippen LogP contribution in [-0.4, -0.2) is 5.11 Å². The number of aromatic hydroxyl groups is 1. The Morgan fingerprint density at radius 3 is 2.12 bits per heavy atom. The molecule has 0 unspecified atom stereocenters. The van der Waals surface area contributed by atoms with Crippen LogP contribution in [-0.2, 0) is 0 Å². The third-order valence-electron chi connectivity index (χ3n) is 2.36. The number of hydrogen-bond acceptors (Lipinski definition) is 2. The van der Waals surface area contributed by atoms with E-state index >= 15 is 0 Å². The molecule has 2 aromatic rings. The molecule has 82 valence electrons. The van der Waals surface area contributed by atoms with Crippen LogP contribution in [0.15, 0.2) is 52.3 Å². The van der Waals surface area contributed by atoms with Gasteiger partial charge in [-0.1, -0.05) is 35.5 Å². The molecule has 0 saturated carbocycles. The Kier molecular flexibility index (Phi) is 3.20. The van der Waals surface area contributed by atoms with Crippen LogP contribution in [0, 0.1) is 13.8 Å². The molecule has 1 nitrogen and oxygen atoms in total. The molecule has 0 fully saturated rings. The Bertz CT molecular complexity index is 489. The zero-order valence-electron chi connectivity index (χ0n) is 9.40. The second kappa shape index (κ2) is 4.62. The number of rotatable bonds is 2. The van der Waals surface area contributed by atoms with Crippen LogP contribution >= 0.6 is 11.8 Å². The first kappa shape index (κ1) is 11.1. The molecule has 0 aliphatic heterocycles. The lowest BCUT2D eigenvalue weighted by atomic mass is 10.2. The molecule has 0 radical (unpaired) electrons. The number of benzene rings is 2. The maximum absolute atomic E-state index is 9.79. The Labute approximate surface area is 100 Å². The van der Waals surface area contributed by atoms with Crippen LogP contribution in [0.5, 0.6) is 5.75 Å². The topological polar surface area (TPSA) is 20.2 Å². The van der Waals surface area contributed by atoms with Crippen molar-refractivity contribution in [3.8, 4) is 5.75 Å². The van der Waals surface area contributed by atoms with Gasteiger partial charge in [0.1, 0.15) is 5.75 Å². The summed E-state index contributed by atoms with van der Waals surface area (Å²) in [7, 11) is 0. The van der Waals surface area contributed by atoms with Crippen molar-refractivity contribution in [3.63, 3.8) is 0 Å². The highest BCUT2D eigenvalue weighted by atomic mass is 32.2. The SMILES string of the molecule is Cc1ccc(Sc2ccc(C)cc2O)cc1. The molecule has 0 aromatic heterocycles. The van der Waals surface area contributed by atoms with E-state index in [0.29, 0.717) is 5.75 Å². The Hall–Kier alpha value is -1.41. The van der Waals surface area contributed by atoms with E-state index in [1.807, 2.05) is 19.1 Å². The minimum absolute atomic E-state index is 0.352. The predicted octanol–water partition coefficient (Wildman–Crippen LogP) is 4.16. The van der Waals surface area contributed by atoms with Crippen molar-refractivity contribution in [2.45, 2.75) is 23.6 Å². The molecular weight excluding hydrogens is 216 g/mol. The summed E-state index contributed by atoms with van der Waals surface area (Å²) in [5, 5.41) is 9.79. The molecule has 2 heteroatoms. The second-order valence-corrected chi connectivity index (χ2v) is 5.00. The van der Waals surface area contributed by atoms with Gasteiger partial charge in [0.2, 0.25) is 0 Å². The van der Waals surface area contributed by atoms with Gasteiger partial charge >= 0.3 is 0 Å². The quantitative estimate of drug-likeness (QED) is 0.836. The van der Waals surface area contributed by atoms with Gasteiger partial charge in [-0.05, 0) is 43.7 Å².